The van der Waals surface area contributed by atoms with E-state index in [0.717, 1.165) is 0 Å². The van der Waals surface area contributed by atoms with Crippen molar-refractivity contribution in [3.05, 3.63) is 30.3 Å². The van der Waals surface area contributed by atoms with Gasteiger partial charge in [0.15, 0.2) is 6.61 Å². The van der Waals surface area contributed by atoms with E-state index < -0.39 is 34.5 Å². The van der Waals surface area contributed by atoms with Crippen molar-refractivity contribution in [2.75, 3.05) is 13.2 Å². The number of nitrogens with one attached hydrogen (secondary N) is 2. The third-order valence-electron chi connectivity index (χ3n) is 2.98. The molecule has 0 aliphatic carbocycles. The first-order valence-corrected chi connectivity index (χ1v) is 8.77. The molecule has 23 heavy (non-hydrogen) atoms. The van der Waals surface area contributed by atoms with Gasteiger partial charge in [-0.25, -0.2) is 8.42 Å². The lowest BCUT2D eigenvalue weighted by molar-refractivity contribution is -0.151. The van der Waals surface area contributed by atoms with E-state index in [-0.39, 0.29) is 10.8 Å². The van der Waals surface area contributed by atoms with Gasteiger partial charge in [-0.05, 0) is 25.0 Å². The van der Waals surface area contributed by atoms with Crippen molar-refractivity contribution in [1.82, 2.24) is 10.0 Å². The van der Waals surface area contributed by atoms with Gasteiger partial charge in [-0.15, -0.1) is 0 Å². The molecule has 1 rings (SSSR count). The van der Waals surface area contributed by atoms with Crippen molar-refractivity contribution >= 4 is 21.9 Å². The molecule has 0 radical (unpaired) electrons. The van der Waals surface area contributed by atoms with Gasteiger partial charge in [-0.3, -0.25) is 9.59 Å². The normalized spacial score (nSPS) is 12.7. The van der Waals surface area contributed by atoms with Crippen LogP contribution in [0.25, 0.3) is 0 Å². The highest BCUT2D eigenvalue weighted by atomic mass is 32.2. The molecule has 0 bridgehead atoms. The minimum absolute atomic E-state index is 0.0576. The molecule has 0 aliphatic rings. The Morgan fingerprint density at radius 3 is 2.30 bits per heavy atom. The number of carbonyl (C=O) groups excluding carboxylic acids is 2. The van der Waals surface area contributed by atoms with Gasteiger partial charge >= 0.3 is 5.97 Å². The number of benzene rings is 1. The summed E-state index contributed by atoms with van der Waals surface area (Å²) in [6.07, 6.45) is 0. The molecule has 7 nitrogen and oxygen atoms in total. The average Bonchev–Trinajstić information content (AvgIpc) is 2.51. The van der Waals surface area contributed by atoms with Gasteiger partial charge in [0.25, 0.3) is 5.91 Å². The smallest absolute Gasteiger partial charge is 0.324 e. The van der Waals surface area contributed by atoms with E-state index in [2.05, 4.69) is 10.0 Å². The van der Waals surface area contributed by atoms with E-state index in [1.54, 1.807) is 39.0 Å². The lowest BCUT2D eigenvalue weighted by atomic mass is 10.1. The summed E-state index contributed by atoms with van der Waals surface area (Å²) in [6, 6.07) is 6.66. The zero-order chi connectivity index (χ0) is 17.5. The molecule has 1 amide bonds. The largest absolute Gasteiger partial charge is 0.454 e. The van der Waals surface area contributed by atoms with Crippen LogP contribution in [0.1, 0.15) is 20.8 Å². The molecular weight excluding hydrogens is 320 g/mol. The molecular formula is C15H22N2O5S. The number of rotatable bonds is 8. The first-order chi connectivity index (χ1) is 10.8. The Morgan fingerprint density at radius 1 is 1.17 bits per heavy atom. The lowest BCUT2D eigenvalue weighted by Gasteiger charge is -2.20. The summed E-state index contributed by atoms with van der Waals surface area (Å²) in [4.78, 5) is 23.5. The molecule has 1 aromatic carbocycles. The number of carbonyl (C=O) groups is 2. The summed E-state index contributed by atoms with van der Waals surface area (Å²) in [5.41, 5.74) is 0. The Morgan fingerprint density at radius 2 is 1.78 bits per heavy atom. The van der Waals surface area contributed by atoms with Crippen molar-refractivity contribution in [2.24, 2.45) is 5.92 Å². The van der Waals surface area contributed by atoms with E-state index in [1.807, 2.05) is 0 Å². The number of esters is 1. The highest BCUT2D eigenvalue weighted by Crippen LogP contribution is 2.12. The van der Waals surface area contributed by atoms with Crippen LogP contribution >= 0.6 is 0 Å². The lowest BCUT2D eigenvalue weighted by Crippen LogP contribution is -2.46. The number of ether oxygens (including phenoxy) is 1. The van der Waals surface area contributed by atoms with Crippen molar-refractivity contribution in [2.45, 2.75) is 31.7 Å². The fourth-order valence-electron chi connectivity index (χ4n) is 1.77. The zero-order valence-corrected chi connectivity index (χ0v) is 14.2. The van der Waals surface area contributed by atoms with Gasteiger partial charge < -0.3 is 10.1 Å². The summed E-state index contributed by atoms with van der Waals surface area (Å²) in [5.74, 6) is -1.56. The molecule has 0 saturated carbocycles. The average molecular weight is 342 g/mol. The van der Waals surface area contributed by atoms with E-state index in [4.69, 9.17) is 4.74 Å². The Bertz CT molecular complexity index is 629. The predicted molar refractivity (Wildman–Crippen MR) is 85.0 cm³/mol. The standard InChI is InChI=1S/C15H22N2O5S/c1-4-16-13(18)10-22-15(19)14(11(2)3)17-23(20,21)12-8-6-5-7-9-12/h5-9,11,14,17H,4,10H2,1-3H3,(H,16,18)/t14-/m1/s1. The van der Waals surface area contributed by atoms with Crippen LogP contribution in [0.3, 0.4) is 0 Å². The van der Waals surface area contributed by atoms with E-state index in [1.165, 1.54) is 12.1 Å². The summed E-state index contributed by atoms with van der Waals surface area (Å²) < 4.78 is 31.8. The number of hydrogen-bond acceptors (Lipinski definition) is 5. The van der Waals surface area contributed by atoms with Crippen LogP contribution in [-0.4, -0.2) is 39.5 Å². The molecule has 0 unspecified atom stereocenters. The molecule has 128 valence electrons. The molecule has 8 heteroatoms. The van der Waals surface area contributed by atoms with Gasteiger partial charge in [0.1, 0.15) is 6.04 Å². The minimum Gasteiger partial charge on any atom is -0.454 e. The molecule has 1 aromatic rings. The number of sulfonamides is 1. The Labute approximate surface area is 136 Å². The van der Waals surface area contributed by atoms with Crippen LogP contribution in [0.5, 0.6) is 0 Å². The van der Waals surface area contributed by atoms with E-state index >= 15 is 0 Å². The Balaban J connectivity index is 2.79. The minimum atomic E-state index is -3.85. The summed E-state index contributed by atoms with van der Waals surface area (Å²) >= 11 is 0. The fourth-order valence-corrected chi connectivity index (χ4v) is 3.12. The summed E-state index contributed by atoms with van der Waals surface area (Å²) in [7, 11) is -3.85. The zero-order valence-electron chi connectivity index (χ0n) is 13.4. The second kappa shape index (κ2) is 8.64. The molecule has 0 spiro atoms. The second-order valence-corrected chi connectivity index (χ2v) is 6.93. The Hall–Kier alpha value is -1.93. The van der Waals surface area contributed by atoms with Gasteiger partial charge in [-0.2, -0.15) is 4.72 Å². The van der Waals surface area contributed by atoms with Crippen LogP contribution in [0.4, 0.5) is 0 Å². The summed E-state index contributed by atoms with van der Waals surface area (Å²) in [5, 5.41) is 2.49. The van der Waals surface area contributed by atoms with Crippen LogP contribution in [-0.2, 0) is 24.3 Å². The maximum Gasteiger partial charge on any atom is 0.324 e. The molecule has 0 aromatic heterocycles. The maximum absolute atomic E-state index is 12.3. The molecule has 0 aliphatic heterocycles. The number of hydrogen-bond donors (Lipinski definition) is 2. The van der Waals surface area contributed by atoms with Crippen molar-refractivity contribution in [3.63, 3.8) is 0 Å². The van der Waals surface area contributed by atoms with Crippen LogP contribution in [0.2, 0.25) is 0 Å². The first-order valence-electron chi connectivity index (χ1n) is 7.28. The highest BCUT2D eigenvalue weighted by Gasteiger charge is 2.29. The third kappa shape index (κ3) is 5.99. The van der Waals surface area contributed by atoms with E-state index in [9.17, 15) is 18.0 Å². The molecule has 1 atom stereocenters. The monoisotopic (exact) mass is 342 g/mol. The number of amides is 1. The fraction of sp³-hybridized carbons (Fsp3) is 0.467. The molecule has 2 N–H and O–H groups in total. The Kier molecular flexibility index (Phi) is 7.18. The van der Waals surface area contributed by atoms with Crippen molar-refractivity contribution in [1.29, 1.82) is 0 Å². The van der Waals surface area contributed by atoms with Gasteiger partial charge in [-0.1, -0.05) is 32.0 Å². The van der Waals surface area contributed by atoms with Gasteiger partial charge in [0, 0.05) is 6.54 Å². The van der Waals surface area contributed by atoms with Gasteiger partial charge in [0.2, 0.25) is 10.0 Å². The predicted octanol–water partition coefficient (Wildman–Crippen LogP) is 0.669. The number of likely N-dealkylation sites (N-methyl/N-ethyl adjacent to an activating group) is 1. The van der Waals surface area contributed by atoms with Crippen LogP contribution in [0.15, 0.2) is 35.2 Å². The second-order valence-electron chi connectivity index (χ2n) is 5.22. The maximum atomic E-state index is 12.3. The van der Waals surface area contributed by atoms with Crippen molar-refractivity contribution in [3.8, 4) is 0 Å². The topological polar surface area (TPSA) is 102 Å². The SMILES string of the molecule is CCNC(=O)COC(=O)[C@H](NS(=O)(=O)c1ccccc1)C(C)C. The van der Waals surface area contributed by atoms with Gasteiger partial charge in [0.05, 0.1) is 4.90 Å². The third-order valence-corrected chi connectivity index (χ3v) is 4.43. The first kappa shape index (κ1) is 19.1. The highest BCUT2D eigenvalue weighted by molar-refractivity contribution is 7.89. The molecule has 0 saturated heterocycles. The van der Waals surface area contributed by atoms with E-state index in [0.29, 0.717) is 6.54 Å². The summed E-state index contributed by atoms with van der Waals surface area (Å²) in [6.45, 7) is 5.09. The van der Waals surface area contributed by atoms with Crippen LogP contribution < -0.4 is 10.0 Å². The van der Waals surface area contributed by atoms with Crippen molar-refractivity contribution < 1.29 is 22.7 Å². The van der Waals surface area contributed by atoms with Crippen LogP contribution in [0, 0.1) is 5.92 Å². The molecule has 0 fully saturated rings. The quantitative estimate of drug-likeness (QED) is 0.676. The molecule has 0 heterocycles.